The van der Waals surface area contributed by atoms with E-state index in [-0.39, 0.29) is 15.4 Å². The largest absolute Gasteiger partial charge is 0.301 e. The highest BCUT2D eigenvalue weighted by Gasteiger charge is 2.16. The number of nitrogens with one attached hydrogen (secondary N) is 1. The SMILES string of the molecule is CC(=O)Nc1nnc(S(N)(O)O)s1. The summed E-state index contributed by atoms with van der Waals surface area (Å²) in [5.41, 5.74) is 0. The Bertz CT molecular complexity index is 319. The van der Waals surface area contributed by atoms with Crippen molar-refractivity contribution in [1.82, 2.24) is 10.2 Å². The Morgan fingerprint density at radius 2 is 2.23 bits per heavy atom. The lowest BCUT2D eigenvalue weighted by molar-refractivity contribution is -0.114. The van der Waals surface area contributed by atoms with Crippen LogP contribution in [-0.4, -0.2) is 25.2 Å². The highest BCUT2D eigenvalue weighted by Crippen LogP contribution is 2.42. The summed E-state index contributed by atoms with van der Waals surface area (Å²) in [6.45, 7) is 1.31. The van der Waals surface area contributed by atoms with Crippen molar-refractivity contribution in [2.45, 2.75) is 11.3 Å². The smallest absolute Gasteiger partial charge is 0.242 e. The van der Waals surface area contributed by atoms with Crippen LogP contribution < -0.4 is 10.5 Å². The number of anilines is 1. The molecule has 13 heavy (non-hydrogen) atoms. The molecule has 0 radical (unpaired) electrons. The first-order chi connectivity index (χ1) is 5.89. The molecule has 0 bridgehead atoms. The summed E-state index contributed by atoms with van der Waals surface area (Å²) in [5.74, 6) is -0.309. The van der Waals surface area contributed by atoms with Gasteiger partial charge in [0.25, 0.3) is 0 Å². The Morgan fingerprint density at radius 1 is 1.62 bits per heavy atom. The molecule has 1 heterocycles. The molecule has 0 fully saturated rings. The highest BCUT2D eigenvalue weighted by atomic mass is 32.3. The van der Waals surface area contributed by atoms with Gasteiger partial charge in [-0.15, -0.1) is 10.2 Å². The molecule has 1 amide bonds. The molecule has 1 aromatic rings. The molecule has 1 rings (SSSR count). The van der Waals surface area contributed by atoms with Crippen LogP contribution in [0.4, 0.5) is 5.13 Å². The monoisotopic (exact) mass is 224 g/mol. The summed E-state index contributed by atoms with van der Waals surface area (Å²) in [6, 6.07) is 0. The lowest BCUT2D eigenvalue weighted by Gasteiger charge is -2.20. The molecular weight excluding hydrogens is 216 g/mol. The van der Waals surface area contributed by atoms with Crippen molar-refractivity contribution in [2.75, 3.05) is 5.32 Å². The van der Waals surface area contributed by atoms with Gasteiger partial charge in [0.2, 0.25) is 15.4 Å². The van der Waals surface area contributed by atoms with Crippen LogP contribution in [0, 0.1) is 0 Å². The van der Waals surface area contributed by atoms with E-state index in [0.29, 0.717) is 0 Å². The minimum Gasteiger partial charge on any atom is -0.301 e. The van der Waals surface area contributed by atoms with E-state index in [1.165, 1.54) is 6.92 Å². The zero-order valence-electron chi connectivity index (χ0n) is 6.59. The van der Waals surface area contributed by atoms with Crippen LogP contribution in [0.3, 0.4) is 0 Å². The van der Waals surface area contributed by atoms with Crippen molar-refractivity contribution >= 4 is 33.2 Å². The van der Waals surface area contributed by atoms with Crippen LogP contribution in [0.1, 0.15) is 6.92 Å². The molecule has 0 aliphatic rings. The molecule has 0 aliphatic heterocycles. The Hall–Kier alpha value is -0.740. The highest BCUT2D eigenvalue weighted by molar-refractivity contribution is 8.23. The third kappa shape index (κ3) is 2.90. The topological polar surface area (TPSA) is 121 Å². The first kappa shape index (κ1) is 10.3. The molecular formula is C4H8N4O3S2. The van der Waals surface area contributed by atoms with Gasteiger partial charge in [-0.25, -0.2) is 5.14 Å². The maximum Gasteiger partial charge on any atom is 0.242 e. The molecule has 1 aromatic heterocycles. The first-order valence-corrected chi connectivity index (χ1v) is 5.49. The van der Waals surface area contributed by atoms with Crippen molar-refractivity contribution in [3.05, 3.63) is 0 Å². The van der Waals surface area contributed by atoms with E-state index in [9.17, 15) is 4.79 Å². The van der Waals surface area contributed by atoms with Crippen molar-refractivity contribution in [2.24, 2.45) is 5.14 Å². The maximum absolute atomic E-state index is 10.6. The summed E-state index contributed by atoms with van der Waals surface area (Å²) in [5, 5.41) is 14.4. The van der Waals surface area contributed by atoms with E-state index in [2.05, 4.69) is 15.5 Å². The zero-order valence-corrected chi connectivity index (χ0v) is 8.22. The molecule has 0 saturated heterocycles. The maximum atomic E-state index is 10.6. The van der Waals surface area contributed by atoms with Gasteiger partial charge in [-0.1, -0.05) is 22.1 Å². The molecule has 0 unspecified atom stereocenters. The summed E-state index contributed by atoms with van der Waals surface area (Å²) < 4.78 is 17.8. The number of hydrogen-bond acceptors (Lipinski definition) is 7. The predicted octanol–water partition coefficient (Wildman–Crippen LogP) is 0.480. The van der Waals surface area contributed by atoms with Crippen molar-refractivity contribution in [3.63, 3.8) is 0 Å². The van der Waals surface area contributed by atoms with E-state index in [1.807, 2.05) is 0 Å². The van der Waals surface area contributed by atoms with E-state index in [0.717, 1.165) is 11.3 Å². The molecule has 0 atom stereocenters. The minimum atomic E-state index is -3.32. The lowest BCUT2D eigenvalue weighted by Crippen LogP contribution is -2.07. The first-order valence-electron chi connectivity index (χ1n) is 3.06. The van der Waals surface area contributed by atoms with Gasteiger partial charge in [0, 0.05) is 6.92 Å². The van der Waals surface area contributed by atoms with Crippen LogP contribution >= 0.6 is 22.1 Å². The van der Waals surface area contributed by atoms with Gasteiger partial charge in [-0.3, -0.25) is 13.9 Å². The second-order valence-corrected chi connectivity index (χ2v) is 4.96. The van der Waals surface area contributed by atoms with Gasteiger partial charge in [-0.05, 0) is 0 Å². The Morgan fingerprint density at radius 3 is 2.62 bits per heavy atom. The number of amides is 1. The number of nitrogens with zero attached hydrogens (tertiary/aromatic N) is 2. The number of nitrogens with two attached hydrogens (primary N) is 1. The normalized spacial score (nSPS) is 12.6. The number of aromatic nitrogens is 2. The standard InChI is InChI=1S/C4H8N4O3S2/c1-2(9)6-3-7-8-4(12-3)13(5,10)11/h10-11H,5H2,1H3,(H,6,7,9). The van der Waals surface area contributed by atoms with Crippen LogP contribution in [0.25, 0.3) is 0 Å². The average Bonchev–Trinajstić information content (AvgIpc) is 2.32. The van der Waals surface area contributed by atoms with E-state index < -0.39 is 10.8 Å². The second kappa shape index (κ2) is 3.55. The number of carbonyl (C=O) groups excluding carboxylic acids is 1. The number of carbonyl (C=O) groups is 1. The lowest BCUT2D eigenvalue weighted by atomic mass is 10.7. The quantitative estimate of drug-likeness (QED) is 0.542. The summed E-state index contributed by atoms with van der Waals surface area (Å²) in [7, 11) is -3.32. The predicted molar refractivity (Wildman–Crippen MR) is 49.5 cm³/mol. The number of hydrogen-bond donors (Lipinski definition) is 4. The zero-order chi connectivity index (χ0) is 10.1. The average molecular weight is 224 g/mol. The Kier molecular flexibility index (Phi) is 2.83. The fourth-order valence-electron chi connectivity index (χ4n) is 0.532. The van der Waals surface area contributed by atoms with Crippen molar-refractivity contribution < 1.29 is 13.9 Å². The van der Waals surface area contributed by atoms with Gasteiger partial charge in [0.1, 0.15) is 0 Å². The fourth-order valence-corrected chi connectivity index (χ4v) is 1.94. The summed E-state index contributed by atoms with van der Waals surface area (Å²) in [4.78, 5) is 10.6. The van der Waals surface area contributed by atoms with E-state index >= 15 is 0 Å². The van der Waals surface area contributed by atoms with Crippen LogP contribution in [0.2, 0.25) is 0 Å². The molecule has 0 aliphatic carbocycles. The van der Waals surface area contributed by atoms with Crippen LogP contribution in [-0.2, 0) is 4.79 Å². The van der Waals surface area contributed by atoms with Gasteiger partial charge in [0.15, 0.2) is 0 Å². The molecule has 7 nitrogen and oxygen atoms in total. The third-order valence-electron chi connectivity index (χ3n) is 0.946. The molecule has 9 heteroatoms. The van der Waals surface area contributed by atoms with Crippen LogP contribution in [0.5, 0.6) is 0 Å². The Labute approximate surface area is 79.5 Å². The fraction of sp³-hybridized carbons (Fsp3) is 0.250. The summed E-state index contributed by atoms with van der Waals surface area (Å²) >= 11 is 0.826. The van der Waals surface area contributed by atoms with Crippen molar-refractivity contribution in [1.29, 1.82) is 0 Å². The molecule has 0 spiro atoms. The summed E-state index contributed by atoms with van der Waals surface area (Å²) in [6.07, 6.45) is 0. The molecule has 0 saturated carbocycles. The van der Waals surface area contributed by atoms with Gasteiger partial charge in [0.05, 0.1) is 0 Å². The minimum absolute atomic E-state index is 0.101. The Balaban J connectivity index is 2.81. The molecule has 5 N–H and O–H groups in total. The van der Waals surface area contributed by atoms with Crippen LogP contribution in [0.15, 0.2) is 4.34 Å². The van der Waals surface area contributed by atoms with Gasteiger partial charge < -0.3 is 5.32 Å². The van der Waals surface area contributed by atoms with Crippen molar-refractivity contribution in [3.8, 4) is 0 Å². The molecule has 0 aromatic carbocycles. The third-order valence-corrected chi connectivity index (χ3v) is 3.16. The van der Waals surface area contributed by atoms with E-state index in [1.54, 1.807) is 0 Å². The van der Waals surface area contributed by atoms with E-state index in [4.69, 9.17) is 14.2 Å². The number of rotatable bonds is 2. The van der Waals surface area contributed by atoms with Gasteiger partial charge >= 0.3 is 0 Å². The van der Waals surface area contributed by atoms with Gasteiger partial charge in [-0.2, -0.15) is 0 Å². The molecule has 74 valence electrons. The second-order valence-electron chi connectivity index (χ2n) is 2.15.